The number of phenolic OH excluding ortho intramolecular Hbond substituents is 1. The molecule has 2 rings (SSSR count). The van der Waals surface area contributed by atoms with Gasteiger partial charge in [0, 0.05) is 23.8 Å². The summed E-state index contributed by atoms with van der Waals surface area (Å²) >= 11 is 5.96. The van der Waals surface area contributed by atoms with Gasteiger partial charge in [-0.25, -0.2) is 0 Å². The molecule has 4 heteroatoms. The number of phenols is 1. The Balaban J connectivity index is 2.35. The van der Waals surface area contributed by atoms with Gasteiger partial charge in [-0.2, -0.15) is 0 Å². The van der Waals surface area contributed by atoms with E-state index in [0.717, 1.165) is 16.3 Å². The minimum atomic E-state index is -0.295. The summed E-state index contributed by atoms with van der Waals surface area (Å²) in [6.07, 6.45) is 0.594. The van der Waals surface area contributed by atoms with Crippen molar-refractivity contribution in [3.05, 3.63) is 40.9 Å². The van der Waals surface area contributed by atoms with E-state index in [9.17, 15) is 9.90 Å². The Labute approximate surface area is 110 Å². The van der Waals surface area contributed by atoms with Gasteiger partial charge in [-0.3, -0.25) is 4.79 Å². The zero-order valence-corrected chi connectivity index (χ0v) is 10.7. The van der Waals surface area contributed by atoms with Crippen LogP contribution in [0.25, 0.3) is 10.8 Å². The van der Waals surface area contributed by atoms with Crippen LogP contribution in [0.5, 0.6) is 5.75 Å². The number of carbonyl (C=O) groups excluding carboxylic acids is 1. The third kappa shape index (κ3) is 2.74. The molecule has 3 nitrogen and oxygen atoms in total. The van der Waals surface area contributed by atoms with E-state index in [1.807, 2.05) is 6.07 Å². The van der Waals surface area contributed by atoms with Gasteiger partial charge >= 0.3 is 5.97 Å². The Hall–Kier alpha value is -1.74. The summed E-state index contributed by atoms with van der Waals surface area (Å²) in [4.78, 5) is 10.7. The van der Waals surface area contributed by atoms with Crippen molar-refractivity contribution in [1.82, 2.24) is 0 Å². The molecule has 94 valence electrons. The first-order chi connectivity index (χ1) is 8.58. The number of rotatable bonds is 3. The first-order valence-electron chi connectivity index (χ1n) is 5.61. The normalized spacial score (nSPS) is 10.6. The second kappa shape index (κ2) is 5.27. The standard InChI is InChI=1S/C14H13ClO3/c1-9(16)18-7-6-10-2-5-14(17)12-4-3-11(15)8-13(10)12/h2-5,8,17H,6-7H2,1H3. The lowest BCUT2D eigenvalue weighted by atomic mass is 10.0. The van der Waals surface area contributed by atoms with E-state index in [1.165, 1.54) is 6.92 Å². The van der Waals surface area contributed by atoms with Crippen LogP contribution in [0.4, 0.5) is 0 Å². The van der Waals surface area contributed by atoms with Crippen molar-refractivity contribution in [2.24, 2.45) is 0 Å². The lowest BCUT2D eigenvalue weighted by molar-refractivity contribution is -0.140. The summed E-state index contributed by atoms with van der Waals surface area (Å²) < 4.78 is 4.92. The molecular formula is C14H13ClO3. The molecule has 2 aromatic rings. The number of carbonyl (C=O) groups is 1. The number of halogens is 1. The molecule has 0 amide bonds. The predicted molar refractivity (Wildman–Crippen MR) is 71.0 cm³/mol. The van der Waals surface area contributed by atoms with Crippen molar-refractivity contribution in [2.45, 2.75) is 13.3 Å². The highest BCUT2D eigenvalue weighted by Gasteiger charge is 2.06. The van der Waals surface area contributed by atoms with E-state index in [-0.39, 0.29) is 11.7 Å². The number of fused-ring (bicyclic) bond motifs is 1. The maximum atomic E-state index is 10.7. The molecule has 0 saturated carbocycles. The highest BCUT2D eigenvalue weighted by atomic mass is 35.5. The first kappa shape index (κ1) is 12.7. The maximum absolute atomic E-state index is 10.7. The van der Waals surface area contributed by atoms with Crippen molar-refractivity contribution < 1.29 is 14.6 Å². The monoisotopic (exact) mass is 264 g/mol. The molecule has 0 aliphatic carbocycles. The van der Waals surface area contributed by atoms with Gasteiger partial charge in [-0.15, -0.1) is 0 Å². The molecule has 0 bridgehead atoms. The average molecular weight is 265 g/mol. The van der Waals surface area contributed by atoms with Crippen LogP contribution < -0.4 is 0 Å². The molecule has 2 aromatic carbocycles. The minimum Gasteiger partial charge on any atom is -0.507 e. The fraction of sp³-hybridized carbons (Fsp3) is 0.214. The lowest BCUT2D eigenvalue weighted by Crippen LogP contribution is -2.03. The van der Waals surface area contributed by atoms with Crippen molar-refractivity contribution in [3.63, 3.8) is 0 Å². The van der Waals surface area contributed by atoms with Crippen LogP contribution in [0.15, 0.2) is 30.3 Å². The van der Waals surface area contributed by atoms with E-state index in [4.69, 9.17) is 16.3 Å². The van der Waals surface area contributed by atoms with Gasteiger partial charge in [0.1, 0.15) is 5.75 Å². The molecule has 0 radical (unpaired) electrons. The zero-order chi connectivity index (χ0) is 13.1. The number of hydrogen-bond acceptors (Lipinski definition) is 3. The van der Waals surface area contributed by atoms with Crippen LogP contribution in [0.2, 0.25) is 5.02 Å². The fourth-order valence-corrected chi connectivity index (χ4v) is 2.06. The molecule has 0 unspecified atom stereocenters. The van der Waals surface area contributed by atoms with E-state index < -0.39 is 0 Å². The molecule has 1 N–H and O–H groups in total. The van der Waals surface area contributed by atoms with Gasteiger partial charge in [0.25, 0.3) is 0 Å². The summed E-state index contributed by atoms with van der Waals surface area (Å²) in [5, 5.41) is 12.0. The van der Waals surface area contributed by atoms with Gasteiger partial charge in [0.2, 0.25) is 0 Å². The third-order valence-corrected chi connectivity index (χ3v) is 2.96. The quantitative estimate of drug-likeness (QED) is 0.865. The lowest BCUT2D eigenvalue weighted by Gasteiger charge is -2.08. The number of ether oxygens (including phenoxy) is 1. The molecule has 0 spiro atoms. The Morgan fingerprint density at radius 3 is 2.78 bits per heavy atom. The topological polar surface area (TPSA) is 46.5 Å². The maximum Gasteiger partial charge on any atom is 0.302 e. The van der Waals surface area contributed by atoms with E-state index >= 15 is 0 Å². The molecule has 0 saturated heterocycles. The van der Waals surface area contributed by atoms with E-state index in [0.29, 0.717) is 18.1 Å². The average Bonchev–Trinajstić information content (AvgIpc) is 2.31. The van der Waals surface area contributed by atoms with Crippen LogP contribution in [0.1, 0.15) is 12.5 Å². The van der Waals surface area contributed by atoms with Crippen LogP contribution in [-0.2, 0) is 16.0 Å². The van der Waals surface area contributed by atoms with Crippen LogP contribution in [0.3, 0.4) is 0 Å². The Bertz CT molecular complexity index is 593. The molecule has 0 aliphatic heterocycles. The van der Waals surface area contributed by atoms with Crippen LogP contribution >= 0.6 is 11.6 Å². The van der Waals surface area contributed by atoms with Crippen molar-refractivity contribution in [3.8, 4) is 5.75 Å². The number of esters is 1. The van der Waals surface area contributed by atoms with Gasteiger partial charge in [0.15, 0.2) is 0 Å². The smallest absolute Gasteiger partial charge is 0.302 e. The molecule has 0 atom stereocenters. The number of aromatic hydroxyl groups is 1. The minimum absolute atomic E-state index is 0.220. The summed E-state index contributed by atoms with van der Waals surface area (Å²) in [7, 11) is 0. The summed E-state index contributed by atoms with van der Waals surface area (Å²) in [5.41, 5.74) is 0.992. The summed E-state index contributed by atoms with van der Waals surface area (Å²) in [6, 6.07) is 8.78. The largest absolute Gasteiger partial charge is 0.507 e. The molecule has 0 heterocycles. The van der Waals surface area contributed by atoms with Gasteiger partial charge in [-0.1, -0.05) is 17.7 Å². The second-order valence-electron chi connectivity index (χ2n) is 4.02. The van der Waals surface area contributed by atoms with Gasteiger partial charge in [-0.05, 0) is 35.2 Å². The van der Waals surface area contributed by atoms with Crippen molar-refractivity contribution in [1.29, 1.82) is 0 Å². The molecule has 0 aliphatic rings. The SMILES string of the molecule is CC(=O)OCCc1ccc(O)c2ccc(Cl)cc12. The highest BCUT2D eigenvalue weighted by Crippen LogP contribution is 2.30. The molecular weight excluding hydrogens is 252 g/mol. The van der Waals surface area contributed by atoms with Gasteiger partial charge < -0.3 is 9.84 Å². The Morgan fingerprint density at radius 1 is 1.28 bits per heavy atom. The second-order valence-corrected chi connectivity index (χ2v) is 4.46. The first-order valence-corrected chi connectivity index (χ1v) is 5.99. The van der Waals surface area contributed by atoms with Crippen molar-refractivity contribution >= 4 is 28.3 Å². The van der Waals surface area contributed by atoms with Gasteiger partial charge in [0.05, 0.1) is 6.61 Å². The Kier molecular flexibility index (Phi) is 3.72. The number of hydrogen-bond donors (Lipinski definition) is 1. The highest BCUT2D eigenvalue weighted by molar-refractivity contribution is 6.31. The van der Waals surface area contributed by atoms with Crippen molar-refractivity contribution in [2.75, 3.05) is 6.61 Å². The number of benzene rings is 2. The molecule has 0 aromatic heterocycles. The van der Waals surface area contributed by atoms with E-state index in [2.05, 4.69) is 0 Å². The zero-order valence-electron chi connectivity index (χ0n) is 9.94. The predicted octanol–water partition coefficient (Wildman–Crippen LogP) is 3.30. The summed E-state index contributed by atoms with van der Waals surface area (Å²) in [6.45, 7) is 1.70. The Morgan fingerprint density at radius 2 is 2.06 bits per heavy atom. The van der Waals surface area contributed by atoms with E-state index in [1.54, 1.807) is 24.3 Å². The molecule has 0 fully saturated rings. The fourth-order valence-electron chi connectivity index (χ4n) is 1.89. The summed E-state index contributed by atoms with van der Waals surface area (Å²) in [5.74, 6) is -0.0750. The third-order valence-electron chi connectivity index (χ3n) is 2.72. The van der Waals surface area contributed by atoms with Crippen LogP contribution in [0, 0.1) is 0 Å². The molecule has 18 heavy (non-hydrogen) atoms. The van der Waals surface area contributed by atoms with Crippen LogP contribution in [-0.4, -0.2) is 17.7 Å².